The van der Waals surface area contributed by atoms with E-state index in [1.165, 1.54) is 11.1 Å². The van der Waals surface area contributed by atoms with Crippen LogP contribution in [-0.4, -0.2) is 0 Å². The second kappa shape index (κ2) is 8.67. The molecule has 27 heavy (non-hydrogen) atoms. The first-order valence-electron chi connectivity index (χ1n) is 9.52. The van der Waals surface area contributed by atoms with Gasteiger partial charge in [-0.05, 0) is 0 Å². The second-order valence-corrected chi connectivity index (χ2v) is 15.8. The topological polar surface area (TPSA) is 9.23 Å². The third kappa shape index (κ3) is 4.57. The van der Waals surface area contributed by atoms with E-state index in [0.29, 0.717) is 0 Å². The van der Waals surface area contributed by atoms with Gasteiger partial charge in [-0.2, -0.15) is 0 Å². The fourth-order valence-corrected chi connectivity index (χ4v) is 13.9. The van der Waals surface area contributed by atoms with E-state index in [1.807, 2.05) is 0 Å². The van der Waals surface area contributed by atoms with Crippen LogP contribution in [0.5, 0.6) is 5.75 Å². The van der Waals surface area contributed by atoms with Gasteiger partial charge >= 0.3 is 168 Å². The number of hydrogen-bond acceptors (Lipinski definition) is 1. The van der Waals surface area contributed by atoms with E-state index >= 15 is 0 Å². The molecule has 0 fully saturated rings. The maximum atomic E-state index is 7.00. The molecule has 0 atom stereocenters. The van der Waals surface area contributed by atoms with Crippen LogP contribution in [0.1, 0.15) is 17.5 Å². The Kier molecular flexibility index (Phi) is 5.85. The van der Waals surface area contributed by atoms with Gasteiger partial charge in [-0.15, -0.1) is 0 Å². The van der Waals surface area contributed by atoms with Gasteiger partial charge in [0.15, 0.2) is 0 Å². The molecule has 134 valence electrons. The van der Waals surface area contributed by atoms with Crippen molar-refractivity contribution in [2.24, 2.45) is 0 Å². The molecular weight excluding hydrogens is 407 g/mol. The van der Waals surface area contributed by atoms with E-state index in [4.69, 9.17) is 2.81 Å². The van der Waals surface area contributed by atoms with Gasteiger partial charge in [-0.3, -0.25) is 0 Å². The van der Waals surface area contributed by atoms with Crippen LogP contribution in [0, 0.1) is 0 Å². The van der Waals surface area contributed by atoms with E-state index in [2.05, 4.69) is 109 Å². The summed E-state index contributed by atoms with van der Waals surface area (Å²) >= 11 is -3.25. The first kappa shape index (κ1) is 18.2. The van der Waals surface area contributed by atoms with E-state index in [-0.39, 0.29) is 0 Å². The molecule has 4 rings (SSSR count). The summed E-state index contributed by atoms with van der Waals surface area (Å²) in [5, 5.41) is 0. The van der Waals surface area contributed by atoms with Crippen molar-refractivity contribution >= 4 is 0 Å². The van der Waals surface area contributed by atoms with Crippen molar-refractivity contribution in [1.82, 2.24) is 0 Å². The van der Waals surface area contributed by atoms with Crippen molar-refractivity contribution < 1.29 is 23.5 Å². The number of rotatable bonds is 7. The third-order valence-corrected chi connectivity index (χ3v) is 15.2. The molecule has 0 radical (unpaired) electrons. The van der Waals surface area contributed by atoms with Crippen molar-refractivity contribution in [3.8, 4) is 5.75 Å². The maximum absolute atomic E-state index is 7.00. The average molecular weight is 432 g/mol. The zero-order valence-corrected chi connectivity index (χ0v) is 17.9. The standard InChI is InChI=1S/2C7H7.C6H6O.C5H5.Zr/c2*1-7-5-3-2-4-6-7;7-6-4-2-1-3-5-6;1-2-4-5-3-1;/h2*2-6H,1H2;1-5,7H;1-3H,4H2;/q;;;;+1/p-1. The predicted octanol–water partition coefficient (Wildman–Crippen LogP) is 6.38. The van der Waals surface area contributed by atoms with Crippen LogP contribution >= 0.6 is 0 Å². The predicted molar refractivity (Wildman–Crippen MR) is 109 cm³/mol. The molecule has 3 aromatic carbocycles. The van der Waals surface area contributed by atoms with Crippen molar-refractivity contribution in [2.45, 2.75) is 14.7 Å². The van der Waals surface area contributed by atoms with Gasteiger partial charge in [0.2, 0.25) is 0 Å². The van der Waals surface area contributed by atoms with Crippen LogP contribution < -0.4 is 2.81 Å². The van der Waals surface area contributed by atoms with Crippen LogP contribution in [0.4, 0.5) is 0 Å². The van der Waals surface area contributed by atoms with Crippen LogP contribution in [-0.2, 0) is 29.0 Å². The summed E-state index contributed by atoms with van der Waals surface area (Å²) < 4.78 is 10.6. The molecule has 1 aliphatic carbocycles. The normalized spacial score (nSPS) is 13.4. The van der Waals surface area contributed by atoms with Gasteiger partial charge in [0.1, 0.15) is 0 Å². The molecule has 2 heteroatoms. The summed E-state index contributed by atoms with van der Waals surface area (Å²) in [5.74, 6) is 1.01. The molecule has 1 aliphatic rings. The Morgan fingerprint density at radius 2 is 1.19 bits per heavy atom. The fraction of sp³-hybridized carbons (Fsp3) is 0.120. The Labute approximate surface area is 167 Å². The molecule has 0 saturated carbocycles. The molecule has 0 bridgehead atoms. The van der Waals surface area contributed by atoms with E-state index < -0.39 is 20.7 Å². The van der Waals surface area contributed by atoms with Gasteiger partial charge < -0.3 is 0 Å². The molecule has 0 aromatic heterocycles. The summed E-state index contributed by atoms with van der Waals surface area (Å²) in [6, 6.07) is 32.1. The Morgan fingerprint density at radius 3 is 1.67 bits per heavy atom. The average Bonchev–Trinajstić information content (AvgIpc) is 3.26. The van der Waals surface area contributed by atoms with Crippen molar-refractivity contribution in [2.75, 3.05) is 0 Å². The SMILES string of the molecule is C1=CC[C]([Zr]([CH2]c2ccccc2)([CH2]c2ccccc2)[O]c2ccccc2)=C1. The number of hydrogen-bond donors (Lipinski definition) is 0. The number of allylic oxidation sites excluding steroid dienone is 4. The summed E-state index contributed by atoms with van der Waals surface area (Å²) in [7, 11) is 0. The zero-order chi connectivity index (χ0) is 18.4. The quantitative estimate of drug-likeness (QED) is 0.422. The summed E-state index contributed by atoms with van der Waals surface area (Å²) in [5.41, 5.74) is 2.76. The summed E-state index contributed by atoms with van der Waals surface area (Å²) in [6.45, 7) is 0. The second-order valence-electron chi connectivity index (χ2n) is 7.06. The van der Waals surface area contributed by atoms with Gasteiger partial charge in [-0.1, -0.05) is 0 Å². The van der Waals surface area contributed by atoms with Crippen LogP contribution in [0.3, 0.4) is 0 Å². The zero-order valence-electron chi connectivity index (χ0n) is 15.4. The molecule has 0 saturated heterocycles. The first-order valence-corrected chi connectivity index (χ1v) is 15.2. The first-order chi connectivity index (χ1) is 13.3. The number of benzene rings is 3. The van der Waals surface area contributed by atoms with Crippen LogP contribution in [0.2, 0.25) is 0 Å². The Balaban J connectivity index is 1.76. The van der Waals surface area contributed by atoms with Gasteiger partial charge in [0.25, 0.3) is 0 Å². The monoisotopic (exact) mass is 430 g/mol. The Hall–Kier alpha value is -2.18. The van der Waals surface area contributed by atoms with Gasteiger partial charge in [0, 0.05) is 0 Å². The van der Waals surface area contributed by atoms with Crippen molar-refractivity contribution in [1.29, 1.82) is 0 Å². The van der Waals surface area contributed by atoms with Gasteiger partial charge in [0.05, 0.1) is 0 Å². The van der Waals surface area contributed by atoms with E-state index in [1.54, 1.807) is 3.28 Å². The molecule has 0 spiro atoms. The molecular formula is C25H24OZr. The molecule has 0 heterocycles. The molecule has 0 N–H and O–H groups in total. The van der Waals surface area contributed by atoms with Crippen LogP contribution in [0.15, 0.2) is 113 Å². The van der Waals surface area contributed by atoms with Crippen LogP contribution in [0.25, 0.3) is 0 Å². The fourth-order valence-electron chi connectivity index (χ4n) is 3.78. The van der Waals surface area contributed by atoms with E-state index in [0.717, 1.165) is 20.4 Å². The Bertz CT molecular complexity index is 813. The molecule has 0 unspecified atom stereocenters. The van der Waals surface area contributed by atoms with Gasteiger partial charge in [-0.25, -0.2) is 0 Å². The Morgan fingerprint density at radius 1 is 0.667 bits per heavy atom. The minimum atomic E-state index is -3.25. The minimum absolute atomic E-state index is 1.01. The van der Waals surface area contributed by atoms with E-state index in [9.17, 15) is 0 Å². The summed E-state index contributed by atoms with van der Waals surface area (Å²) in [6.07, 6.45) is 7.82. The molecule has 1 nitrogen and oxygen atoms in total. The molecule has 0 aliphatic heterocycles. The van der Waals surface area contributed by atoms with Crippen molar-refractivity contribution in [3.05, 3.63) is 124 Å². The number of para-hydroxylation sites is 1. The summed E-state index contributed by atoms with van der Waals surface area (Å²) in [4.78, 5) is 0. The molecule has 0 amide bonds. The van der Waals surface area contributed by atoms with Crippen molar-refractivity contribution in [3.63, 3.8) is 0 Å². The third-order valence-electron chi connectivity index (χ3n) is 5.08. The molecule has 3 aromatic rings.